The molecule has 0 unspecified atom stereocenters. The van der Waals surface area contributed by atoms with Gasteiger partial charge in [0.05, 0.1) is 36.4 Å². The number of hydrogen-bond donors (Lipinski definition) is 1. The van der Waals surface area contributed by atoms with Crippen molar-refractivity contribution in [3.05, 3.63) is 107 Å². The Hall–Kier alpha value is -5.19. The highest BCUT2D eigenvalue weighted by molar-refractivity contribution is 6.04. The van der Waals surface area contributed by atoms with Crippen LogP contribution in [0.5, 0.6) is 5.75 Å². The molecule has 3 aromatic carbocycles. The summed E-state index contributed by atoms with van der Waals surface area (Å²) in [4.78, 5) is 17.7. The Morgan fingerprint density at radius 1 is 0.929 bits per heavy atom. The minimum absolute atomic E-state index is 0.0969. The van der Waals surface area contributed by atoms with Crippen LogP contribution in [0.2, 0.25) is 0 Å². The van der Waals surface area contributed by atoms with Crippen LogP contribution in [-0.2, 0) is 12.7 Å². The molecule has 0 aliphatic heterocycles. The van der Waals surface area contributed by atoms with Gasteiger partial charge < -0.3 is 10.1 Å². The molecule has 0 aliphatic carbocycles. The number of methoxy groups -OCH3 is 1. The Balaban J connectivity index is 1.33. The fraction of sp³-hybridized carbons (Fsp3) is 0.161. The zero-order valence-electron chi connectivity index (χ0n) is 22.9. The summed E-state index contributed by atoms with van der Waals surface area (Å²) in [5.41, 5.74) is 1.95. The summed E-state index contributed by atoms with van der Waals surface area (Å²) >= 11 is 0. The van der Waals surface area contributed by atoms with Crippen LogP contribution >= 0.6 is 0 Å². The van der Waals surface area contributed by atoms with Crippen LogP contribution in [0.4, 0.5) is 18.9 Å². The molecule has 6 aromatic rings. The molecule has 0 saturated heterocycles. The predicted octanol–water partition coefficient (Wildman–Crippen LogP) is 6.69. The van der Waals surface area contributed by atoms with Gasteiger partial charge in [-0.1, -0.05) is 48.5 Å². The van der Waals surface area contributed by atoms with Crippen LogP contribution in [0.1, 0.15) is 33.1 Å². The van der Waals surface area contributed by atoms with Gasteiger partial charge in [-0.05, 0) is 54.4 Å². The highest BCUT2D eigenvalue weighted by Gasteiger charge is 2.36. The molecule has 0 saturated carbocycles. The van der Waals surface area contributed by atoms with Crippen molar-refractivity contribution in [2.24, 2.45) is 0 Å². The highest BCUT2D eigenvalue weighted by atomic mass is 19.4. The number of nitrogens with zero attached hydrogens (tertiary/aromatic N) is 5. The number of benzene rings is 3. The van der Waals surface area contributed by atoms with Crippen LogP contribution < -0.4 is 10.1 Å². The Kier molecular flexibility index (Phi) is 6.64. The summed E-state index contributed by atoms with van der Waals surface area (Å²) in [5, 5.41) is 13.1. The minimum Gasteiger partial charge on any atom is -0.497 e. The molecule has 11 heteroatoms. The fourth-order valence-corrected chi connectivity index (χ4v) is 4.94. The summed E-state index contributed by atoms with van der Waals surface area (Å²) < 4.78 is 50.1. The van der Waals surface area contributed by atoms with Gasteiger partial charge in [-0.15, -0.1) is 0 Å². The highest BCUT2D eigenvalue weighted by Crippen LogP contribution is 2.33. The smallest absolute Gasteiger partial charge is 0.433 e. The molecule has 1 amide bonds. The van der Waals surface area contributed by atoms with Crippen LogP contribution in [0, 0.1) is 13.8 Å². The molecule has 42 heavy (non-hydrogen) atoms. The number of alkyl halides is 3. The number of hydrogen-bond acceptors (Lipinski definition) is 5. The normalized spacial score (nSPS) is 11.8. The Morgan fingerprint density at radius 3 is 2.48 bits per heavy atom. The van der Waals surface area contributed by atoms with E-state index in [1.165, 1.54) is 6.07 Å². The van der Waals surface area contributed by atoms with E-state index in [0.717, 1.165) is 22.4 Å². The van der Waals surface area contributed by atoms with Crippen molar-refractivity contribution in [3.8, 4) is 17.0 Å². The standard InChI is InChI=1S/C31H25F3N6O2/c1-18-29(19(2)39(37-18)17-20-7-6-10-24(13-20)42-3)36-30(41)26-16-28-35-25(15-27(31(32,33)34)40(28)38-26)23-12-11-21-8-4-5-9-22(21)14-23/h4-16H,17H2,1-3H3,(H,36,41). The van der Waals surface area contributed by atoms with E-state index < -0.39 is 17.8 Å². The van der Waals surface area contributed by atoms with Crippen molar-refractivity contribution in [3.63, 3.8) is 0 Å². The van der Waals surface area contributed by atoms with E-state index in [-0.39, 0.29) is 17.0 Å². The predicted molar refractivity (Wildman–Crippen MR) is 153 cm³/mol. The van der Waals surface area contributed by atoms with E-state index in [2.05, 4.69) is 20.5 Å². The summed E-state index contributed by atoms with van der Waals surface area (Å²) in [6.45, 7) is 3.98. The molecule has 0 atom stereocenters. The Morgan fingerprint density at radius 2 is 1.71 bits per heavy atom. The first-order chi connectivity index (χ1) is 20.1. The van der Waals surface area contributed by atoms with E-state index in [9.17, 15) is 18.0 Å². The lowest BCUT2D eigenvalue weighted by atomic mass is 10.0. The zero-order valence-corrected chi connectivity index (χ0v) is 22.9. The molecule has 8 nitrogen and oxygen atoms in total. The lowest BCUT2D eigenvalue weighted by molar-refractivity contribution is -0.142. The third-order valence-corrected chi connectivity index (χ3v) is 7.08. The van der Waals surface area contributed by atoms with Crippen molar-refractivity contribution in [2.75, 3.05) is 12.4 Å². The maximum Gasteiger partial charge on any atom is 0.433 e. The molecule has 1 N–H and O–H groups in total. The largest absolute Gasteiger partial charge is 0.497 e. The molecule has 0 spiro atoms. The van der Waals surface area contributed by atoms with Gasteiger partial charge in [0.2, 0.25) is 0 Å². The number of nitrogens with one attached hydrogen (secondary N) is 1. The number of amides is 1. The first-order valence-electron chi connectivity index (χ1n) is 13.1. The van der Waals surface area contributed by atoms with Crippen LogP contribution in [0.3, 0.4) is 0 Å². The minimum atomic E-state index is -4.74. The zero-order chi connectivity index (χ0) is 29.6. The number of carbonyl (C=O) groups excluding carboxylic acids is 1. The van der Waals surface area contributed by atoms with Gasteiger partial charge in [0.25, 0.3) is 5.91 Å². The first-order valence-corrected chi connectivity index (χ1v) is 13.1. The molecular weight excluding hydrogens is 545 g/mol. The van der Waals surface area contributed by atoms with E-state index in [4.69, 9.17) is 4.74 Å². The van der Waals surface area contributed by atoms with Crippen molar-refractivity contribution >= 4 is 28.0 Å². The maximum absolute atomic E-state index is 14.2. The van der Waals surface area contributed by atoms with Gasteiger partial charge in [0.1, 0.15) is 5.75 Å². The number of fused-ring (bicyclic) bond motifs is 2. The van der Waals surface area contributed by atoms with Crippen molar-refractivity contribution in [2.45, 2.75) is 26.6 Å². The number of aryl methyl sites for hydroxylation is 1. The van der Waals surface area contributed by atoms with Crippen LogP contribution in [0.15, 0.2) is 78.9 Å². The van der Waals surface area contributed by atoms with Crippen LogP contribution in [0.25, 0.3) is 27.7 Å². The number of ether oxygens (including phenoxy) is 1. The molecule has 3 heterocycles. The van der Waals surface area contributed by atoms with Gasteiger partial charge in [0, 0.05) is 11.6 Å². The molecule has 212 valence electrons. The van der Waals surface area contributed by atoms with Crippen molar-refractivity contribution in [1.29, 1.82) is 0 Å². The van der Waals surface area contributed by atoms with Gasteiger partial charge in [-0.3, -0.25) is 9.48 Å². The second kappa shape index (κ2) is 10.3. The van der Waals surface area contributed by atoms with Crippen molar-refractivity contribution in [1.82, 2.24) is 24.4 Å². The summed E-state index contributed by atoms with van der Waals surface area (Å²) in [6, 6.07) is 22.6. The molecule has 3 aromatic heterocycles. The third kappa shape index (κ3) is 5.05. The molecule has 6 rings (SSSR count). The van der Waals surface area contributed by atoms with Crippen LogP contribution in [-0.4, -0.2) is 37.4 Å². The van der Waals surface area contributed by atoms with E-state index in [1.807, 2.05) is 54.6 Å². The second-order valence-corrected chi connectivity index (χ2v) is 9.90. The topological polar surface area (TPSA) is 86.3 Å². The van der Waals surface area contributed by atoms with Gasteiger partial charge in [-0.2, -0.15) is 23.4 Å². The molecule has 0 fully saturated rings. The SMILES string of the molecule is COc1cccc(Cn2nc(C)c(NC(=O)c3cc4nc(-c5ccc6ccccc6c5)cc(C(F)(F)F)n4n3)c2C)c1. The first kappa shape index (κ1) is 27.0. The number of carbonyl (C=O) groups is 1. The number of anilines is 1. The second-order valence-electron chi connectivity index (χ2n) is 9.90. The average molecular weight is 571 g/mol. The van der Waals surface area contributed by atoms with Gasteiger partial charge in [0.15, 0.2) is 17.0 Å². The van der Waals surface area contributed by atoms with E-state index in [1.54, 1.807) is 37.8 Å². The lowest BCUT2D eigenvalue weighted by Crippen LogP contribution is -2.16. The average Bonchev–Trinajstić information content (AvgIpc) is 3.52. The molecule has 0 radical (unpaired) electrons. The van der Waals surface area contributed by atoms with E-state index >= 15 is 0 Å². The van der Waals surface area contributed by atoms with Crippen molar-refractivity contribution < 1.29 is 22.7 Å². The number of rotatable bonds is 6. The maximum atomic E-state index is 14.2. The number of aromatic nitrogens is 5. The molecule has 0 aliphatic rings. The monoisotopic (exact) mass is 570 g/mol. The fourth-order valence-electron chi connectivity index (χ4n) is 4.94. The van der Waals surface area contributed by atoms with E-state index in [0.29, 0.717) is 39.4 Å². The Bertz CT molecular complexity index is 1980. The number of halogens is 3. The summed E-state index contributed by atoms with van der Waals surface area (Å²) in [5.74, 6) is 0.0398. The summed E-state index contributed by atoms with van der Waals surface area (Å²) in [6.07, 6.45) is -4.74. The van der Waals surface area contributed by atoms with Gasteiger partial charge >= 0.3 is 6.18 Å². The summed E-state index contributed by atoms with van der Waals surface area (Å²) in [7, 11) is 1.59. The third-order valence-electron chi connectivity index (χ3n) is 7.08. The molecular formula is C31H25F3N6O2. The lowest BCUT2D eigenvalue weighted by Gasteiger charge is -2.11. The Labute approximate surface area is 238 Å². The quantitative estimate of drug-likeness (QED) is 0.241. The van der Waals surface area contributed by atoms with Gasteiger partial charge in [-0.25, -0.2) is 9.50 Å². The molecule has 0 bridgehead atoms.